The highest BCUT2D eigenvalue weighted by Crippen LogP contribution is 2.27. The van der Waals surface area contributed by atoms with Crippen molar-refractivity contribution in [1.29, 1.82) is 0 Å². The second kappa shape index (κ2) is 3.62. The summed E-state index contributed by atoms with van der Waals surface area (Å²) in [6.07, 6.45) is 1.78. The van der Waals surface area contributed by atoms with Crippen LogP contribution in [0.4, 0.5) is 0 Å². The molecule has 0 aliphatic rings. The zero-order chi connectivity index (χ0) is 10.3. The minimum absolute atomic E-state index is 0.340. The van der Waals surface area contributed by atoms with Gasteiger partial charge in [0, 0.05) is 10.5 Å². The van der Waals surface area contributed by atoms with Crippen LogP contribution in [0.25, 0.3) is 11.0 Å². The second-order valence-corrected chi connectivity index (χ2v) is 5.01. The third kappa shape index (κ3) is 1.59. The lowest BCUT2D eigenvalue weighted by atomic mass is 10.3. The van der Waals surface area contributed by atoms with Crippen LogP contribution in [0.3, 0.4) is 0 Å². The standard InChI is InChI=1S/C9H9Br2N3/c1-5(2)14-9-6(10)3-8(11)13-7(9)4-12-14/h3-5H,1-2H3. The number of rotatable bonds is 1. The fourth-order valence-corrected chi connectivity index (χ4v) is 2.71. The molecule has 0 radical (unpaired) electrons. The van der Waals surface area contributed by atoms with Gasteiger partial charge in [0.1, 0.15) is 15.6 Å². The molecule has 0 spiro atoms. The van der Waals surface area contributed by atoms with Crippen LogP contribution in [0.2, 0.25) is 0 Å². The number of aromatic nitrogens is 3. The number of hydrogen-bond acceptors (Lipinski definition) is 2. The summed E-state index contributed by atoms with van der Waals surface area (Å²) in [6, 6.07) is 2.27. The van der Waals surface area contributed by atoms with E-state index >= 15 is 0 Å². The predicted octanol–water partition coefficient (Wildman–Crippen LogP) is 3.54. The largest absolute Gasteiger partial charge is 0.260 e. The van der Waals surface area contributed by atoms with Crippen molar-refractivity contribution in [1.82, 2.24) is 14.8 Å². The zero-order valence-corrected chi connectivity index (χ0v) is 11.0. The van der Waals surface area contributed by atoms with E-state index < -0.39 is 0 Å². The van der Waals surface area contributed by atoms with Crippen LogP contribution < -0.4 is 0 Å². The Morgan fingerprint density at radius 3 is 2.71 bits per heavy atom. The molecule has 3 nitrogen and oxygen atoms in total. The van der Waals surface area contributed by atoms with Crippen LogP contribution in [0.5, 0.6) is 0 Å². The maximum atomic E-state index is 4.34. The Morgan fingerprint density at radius 1 is 1.36 bits per heavy atom. The van der Waals surface area contributed by atoms with Crippen molar-refractivity contribution in [2.24, 2.45) is 0 Å². The molecule has 2 rings (SSSR count). The lowest BCUT2D eigenvalue weighted by Crippen LogP contribution is -2.02. The van der Waals surface area contributed by atoms with Crippen molar-refractivity contribution in [2.75, 3.05) is 0 Å². The molecule has 74 valence electrons. The van der Waals surface area contributed by atoms with Crippen LogP contribution in [-0.2, 0) is 0 Å². The molecule has 2 aromatic rings. The van der Waals surface area contributed by atoms with Gasteiger partial charge in [-0.15, -0.1) is 0 Å². The van der Waals surface area contributed by atoms with Gasteiger partial charge in [-0.2, -0.15) is 5.10 Å². The topological polar surface area (TPSA) is 30.7 Å². The molecule has 0 N–H and O–H groups in total. The quantitative estimate of drug-likeness (QED) is 0.753. The molecular formula is C9H9Br2N3. The van der Waals surface area contributed by atoms with Crippen molar-refractivity contribution in [3.05, 3.63) is 21.3 Å². The number of halogens is 2. The highest BCUT2D eigenvalue weighted by atomic mass is 79.9. The summed E-state index contributed by atoms with van der Waals surface area (Å²) in [7, 11) is 0. The van der Waals surface area contributed by atoms with Crippen LogP contribution in [0.1, 0.15) is 19.9 Å². The van der Waals surface area contributed by atoms with Gasteiger partial charge >= 0.3 is 0 Å². The monoisotopic (exact) mass is 317 g/mol. The predicted molar refractivity (Wildman–Crippen MR) is 63.3 cm³/mol. The van der Waals surface area contributed by atoms with Gasteiger partial charge in [-0.3, -0.25) is 4.68 Å². The molecule has 0 atom stereocenters. The SMILES string of the molecule is CC(C)n1ncc2nc(Br)cc(Br)c21. The summed E-state index contributed by atoms with van der Waals surface area (Å²) < 4.78 is 3.79. The molecule has 0 saturated heterocycles. The smallest absolute Gasteiger partial charge is 0.111 e. The summed E-state index contributed by atoms with van der Waals surface area (Å²) in [5, 5.41) is 4.30. The lowest BCUT2D eigenvalue weighted by Gasteiger charge is -2.07. The highest BCUT2D eigenvalue weighted by molar-refractivity contribution is 9.11. The molecule has 2 heterocycles. The van der Waals surface area contributed by atoms with E-state index in [2.05, 4.69) is 55.8 Å². The van der Waals surface area contributed by atoms with Crippen molar-refractivity contribution in [2.45, 2.75) is 19.9 Å². The Hall–Kier alpha value is -0.420. The first-order valence-corrected chi connectivity index (χ1v) is 5.87. The van der Waals surface area contributed by atoms with E-state index in [0.717, 1.165) is 20.1 Å². The van der Waals surface area contributed by atoms with Crippen molar-refractivity contribution < 1.29 is 0 Å². The van der Waals surface area contributed by atoms with E-state index in [9.17, 15) is 0 Å². The van der Waals surface area contributed by atoms with Crippen molar-refractivity contribution in [3.63, 3.8) is 0 Å². The second-order valence-electron chi connectivity index (χ2n) is 3.34. The van der Waals surface area contributed by atoms with Gasteiger partial charge in [-0.25, -0.2) is 4.98 Å². The maximum absolute atomic E-state index is 4.34. The van der Waals surface area contributed by atoms with Crippen LogP contribution in [0.15, 0.2) is 21.3 Å². The summed E-state index contributed by atoms with van der Waals surface area (Å²) in [6.45, 7) is 4.20. The first kappa shape index (κ1) is 10.1. The summed E-state index contributed by atoms with van der Waals surface area (Å²) in [5.41, 5.74) is 1.95. The Labute approximate surface area is 98.8 Å². The number of fused-ring (bicyclic) bond motifs is 1. The third-order valence-electron chi connectivity index (χ3n) is 1.96. The summed E-state index contributed by atoms with van der Waals surface area (Å²) >= 11 is 6.87. The number of pyridine rings is 1. The van der Waals surface area contributed by atoms with Crippen LogP contribution >= 0.6 is 31.9 Å². The molecule has 5 heteroatoms. The number of nitrogens with zero attached hydrogens (tertiary/aromatic N) is 3. The zero-order valence-electron chi connectivity index (χ0n) is 7.83. The average molecular weight is 319 g/mol. The van der Waals surface area contributed by atoms with E-state index in [-0.39, 0.29) is 0 Å². The Bertz CT molecular complexity index is 476. The van der Waals surface area contributed by atoms with Gasteiger partial charge in [0.25, 0.3) is 0 Å². The van der Waals surface area contributed by atoms with Crippen LogP contribution in [-0.4, -0.2) is 14.8 Å². The molecular weight excluding hydrogens is 310 g/mol. The summed E-state index contributed by atoms with van der Waals surface area (Å²) in [5.74, 6) is 0. The van der Waals surface area contributed by atoms with E-state index in [1.54, 1.807) is 6.20 Å². The van der Waals surface area contributed by atoms with Gasteiger partial charge in [0.2, 0.25) is 0 Å². The summed E-state index contributed by atoms with van der Waals surface area (Å²) in [4.78, 5) is 4.34. The molecule has 0 unspecified atom stereocenters. The molecule has 0 aliphatic heterocycles. The first-order chi connectivity index (χ1) is 6.59. The van der Waals surface area contributed by atoms with E-state index in [0.29, 0.717) is 6.04 Å². The normalized spacial score (nSPS) is 11.5. The van der Waals surface area contributed by atoms with E-state index in [1.165, 1.54) is 0 Å². The molecule has 0 saturated carbocycles. The fraction of sp³-hybridized carbons (Fsp3) is 0.333. The Kier molecular flexibility index (Phi) is 2.62. The third-order valence-corrected chi connectivity index (χ3v) is 2.98. The van der Waals surface area contributed by atoms with Gasteiger partial charge in [0.05, 0.1) is 6.20 Å². The molecule has 0 aromatic carbocycles. The molecule has 0 fully saturated rings. The van der Waals surface area contributed by atoms with Gasteiger partial charge < -0.3 is 0 Å². The van der Waals surface area contributed by atoms with Gasteiger partial charge in [-0.05, 0) is 51.8 Å². The van der Waals surface area contributed by atoms with E-state index in [1.807, 2.05) is 10.7 Å². The van der Waals surface area contributed by atoms with Crippen LogP contribution in [0, 0.1) is 0 Å². The minimum Gasteiger partial charge on any atom is -0.260 e. The minimum atomic E-state index is 0.340. The van der Waals surface area contributed by atoms with E-state index in [4.69, 9.17) is 0 Å². The Morgan fingerprint density at radius 2 is 2.07 bits per heavy atom. The Balaban J connectivity index is 2.79. The fourth-order valence-electron chi connectivity index (χ4n) is 1.38. The van der Waals surface area contributed by atoms with Crippen molar-refractivity contribution in [3.8, 4) is 0 Å². The molecule has 2 aromatic heterocycles. The molecule has 0 aliphatic carbocycles. The number of hydrogen-bond donors (Lipinski definition) is 0. The average Bonchev–Trinajstić information content (AvgIpc) is 2.47. The molecule has 0 bridgehead atoms. The molecule has 14 heavy (non-hydrogen) atoms. The molecule has 0 amide bonds. The highest BCUT2D eigenvalue weighted by Gasteiger charge is 2.10. The van der Waals surface area contributed by atoms with Gasteiger partial charge in [0.15, 0.2) is 0 Å². The maximum Gasteiger partial charge on any atom is 0.111 e. The lowest BCUT2D eigenvalue weighted by molar-refractivity contribution is 0.550. The van der Waals surface area contributed by atoms with Crippen molar-refractivity contribution >= 4 is 42.9 Å². The van der Waals surface area contributed by atoms with Gasteiger partial charge in [-0.1, -0.05) is 0 Å². The first-order valence-electron chi connectivity index (χ1n) is 4.29.